The van der Waals surface area contributed by atoms with Crippen molar-refractivity contribution in [2.75, 3.05) is 11.1 Å². The van der Waals surface area contributed by atoms with Crippen molar-refractivity contribution in [2.24, 2.45) is 0 Å². The number of hydrogen-bond donors (Lipinski definition) is 2. The van der Waals surface area contributed by atoms with E-state index in [2.05, 4.69) is 34.6 Å². The molecule has 1 heterocycles. The first-order chi connectivity index (χ1) is 9.83. The van der Waals surface area contributed by atoms with Gasteiger partial charge in [0.05, 0.1) is 17.6 Å². The van der Waals surface area contributed by atoms with Crippen LogP contribution in [0.2, 0.25) is 0 Å². The normalized spacial score (nSPS) is 10.2. The lowest BCUT2D eigenvalue weighted by atomic mass is 10.1. The molecule has 20 heavy (non-hydrogen) atoms. The fourth-order valence-electron chi connectivity index (χ4n) is 2.05. The summed E-state index contributed by atoms with van der Waals surface area (Å²) in [6.07, 6.45) is 3.36. The number of pyridine rings is 1. The van der Waals surface area contributed by atoms with Crippen molar-refractivity contribution in [3.63, 3.8) is 0 Å². The van der Waals surface area contributed by atoms with Gasteiger partial charge in [-0.15, -0.1) is 0 Å². The molecule has 0 amide bonds. The van der Waals surface area contributed by atoms with Crippen LogP contribution in [0, 0.1) is 0 Å². The average molecular weight is 261 g/mol. The van der Waals surface area contributed by atoms with Crippen LogP contribution in [0.1, 0.15) is 0 Å². The van der Waals surface area contributed by atoms with E-state index in [1.165, 1.54) is 11.1 Å². The van der Waals surface area contributed by atoms with E-state index >= 15 is 0 Å². The van der Waals surface area contributed by atoms with Crippen LogP contribution in [0.15, 0.2) is 73.1 Å². The summed E-state index contributed by atoms with van der Waals surface area (Å²) >= 11 is 0. The molecule has 3 aromatic rings. The fraction of sp³-hybridized carbons (Fsp3) is 0. The van der Waals surface area contributed by atoms with Crippen LogP contribution >= 0.6 is 0 Å². The van der Waals surface area contributed by atoms with E-state index in [1.807, 2.05) is 36.4 Å². The van der Waals surface area contributed by atoms with Crippen LogP contribution in [0.5, 0.6) is 0 Å². The van der Waals surface area contributed by atoms with Crippen molar-refractivity contribution in [3.05, 3.63) is 73.1 Å². The Bertz CT molecular complexity index is 691. The van der Waals surface area contributed by atoms with Gasteiger partial charge in [-0.2, -0.15) is 0 Å². The van der Waals surface area contributed by atoms with E-state index in [0.717, 1.165) is 11.4 Å². The molecule has 3 rings (SSSR count). The van der Waals surface area contributed by atoms with Crippen LogP contribution in [0.25, 0.3) is 11.1 Å². The van der Waals surface area contributed by atoms with Gasteiger partial charge in [-0.25, -0.2) is 0 Å². The summed E-state index contributed by atoms with van der Waals surface area (Å²) in [5.74, 6) is 0. The number of nitrogens with one attached hydrogen (secondary N) is 1. The molecule has 3 nitrogen and oxygen atoms in total. The van der Waals surface area contributed by atoms with Gasteiger partial charge in [0, 0.05) is 11.9 Å². The summed E-state index contributed by atoms with van der Waals surface area (Å²) in [5, 5.41) is 3.29. The molecule has 1 aromatic heterocycles. The van der Waals surface area contributed by atoms with Gasteiger partial charge in [-0.3, -0.25) is 4.98 Å². The molecule has 0 bridgehead atoms. The minimum atomic E-state index is 0.639. The van der Waals surface area contributed by atoms with Gasteiger partial charge in [0.25, 0.3) is 0 Å². The minimum absolute atomic E-state index is 0.639. The summed E-state index contributed by atoms with van der Waals surface area (Å²) in [6, 6.07) is 20.4. The highest BCUT2D eigenvalue weighted by atomic mass is 14.9. The highest BCUT2D eigenvalue weighted by Gasteiger charge is 2.00. The predicted octanol–water partition coefficient (Wildman–Crippen LogP) is 4.07. The molecule has 0 aliphatic heterocycles. The standard InChI is InChI=1S/C17H15N3/c18-16-12-19-11-10-17(16)20-15-8-6-14(7-9-15)13-4-2-1-3-5-13/h1-12H,18H2,(H,19,20). The van der Waals surface area contributed by atoms with Gasteiger partial charge in [-0.1, -0.05) is 42.5 Å². The van der Waals surface area contributed by atoms with Gasteiger partial charge in [0.2, 0.25) is 0 Å². The zero-order valence-electron chi connectivity index (χ0n) is 11.0. The van der Waals surface area contributed by atoms with Crippen LogP contribution < -0.4 is 11.1 Å². The van der Waals surface area contributed by atoms with E-state index in [9.17, 15) is 0 Å². The maximum atomic E-state index is 5.86. The third kappa shape index (κ3) is 2.62. The van der Waals surface area contributed by atoms with Crippen molar-refractivity contribution in [1.29, 1.82) is 0 Å². The zero-order chi connectivity index (χ0) is 13.8. The smallest absolute Gasteiger partial charge is 0.0739 e. The molecule has 0 aliphatic rings. The molecular formula is C17H15N3. The molecule has 3 N–H and O–H groups in total. The Hall–Kier alpha value is -2.81. The summed E-state index contributed by atoms with van der Waals surface area (Å²) in [7, 11) is 0. The molecule has 3 heteroatoms. The molecule has 0 atom stereocenters. The second-order valence-corrected chi connectivity index (χ2v) is 4.53. The first kappa shape index (κ1) is 12.2. The third-order valence-corrected chi connectivity index (χ3v) is 3.12. The number of nitrogens with zero attached hydrogens (tertiary/aromatic N) is 1. The minimum Gasteiger partial charge on any atom is -0.396 e. The molecule has 98 valence electrons. The van der Waals surface area contributed by atoms with E-state index in [0.29, 0.717) is 5.69 Å². The van der Waals surface area contributed by atoms with Gasteiger partial charge < -0.3 is 11.1 Å². The number of benzene rings is 2. The molecule has 0 unspecified atom stereocenters. The maximum Gasteiger partial charge on any atom is 0.0739 e. The Labute approximate surface area is 118 Å². The van der Waals surface area contributed by atoms with Crippen LogP contribution in [-0.4, -0.2) is 4.98 Å². The highest BCUT2D eigenvalue weighted by molar-refractivity contribution is 5.73. The van der Waals surface area contributed by atoms with Crippen molar-refractivity contribution in [2.45, 2.75) is 0 Å². The Kier molecular flexibility index (Phi) is 3.33. The first-order valence-corrected chi connectivity index (χ1v) is 6.45. The number of nitrogens with two attached hydrogens (primary N) is 1. The molecule has 0 aliphatic carbocycles. The first-order valence-electron chi connectivity index (χ1n) is 6.45. The summed E-state index contributed by atoms with van der Waals surface area (Å²) in [4.78, 5) is 3.98. The highest BCUT2D eigenvalue weighted by Crippen LogP contribution is 2.25. The SMILES string of the molecule is Nc1cnccc1Nc1ccc(-c2ccccc2)cc1. The number of anilines is 3. The second-order valence-electron chi connectivity index (χ2n) is 4.53. The largest absolute Gasteiger partial charge is 0.396 e. The Morgan fingerprint density at radius 3 is 2.20 bits per heavy atom. The summed E-state index contributed by atoms with van der Waals surface area (Å²) in [5.41, 5.74) is 10.8. The zero-order valence-corrected chi connectivity index (χ0v) is 11.0. The maximum absolute atomic E-state index is 5.86. The lowest BCUT2D eigenvalue weighted by Crippen LogP contribution is -1.96. The van der Waals surface area contributed by atoms with Crippen LogP contribution in [-0.2, 0) is 0 Å². The number of aromatic nitrogens is 1. The molecular weight excluding hydrogens is 246 g/mol. The topological polar surface area (TPSA) is 50.9 Å². The van der Waals surface area contributed by atoms with Crippen LogP contribution in [0.3, 0.4) is 0 Å². The number of hydrogen-bond acceptors (Lipinski definition) is 3. The van der Waals surface area contributed by atoms with Crippen molar-refractivity contribution in [3.8, 4) is 11.1 Å². The average Bonchev–Trinajstić information content (AvgIpc) is 2.51. The van der Waals surface area contributed by atoms with E-state index < -0.39 is 0 Å². The van der Waals surface area contributed by atoms with Gasteiger partial charge in [0.1, 0.15) is 0 Å². The van der Waals surface area contributed by atoms with Crippen LogP contribution in [0.4, 0.5) is 17.1 Å². The lowest BCUT2D eigenvalue weighted by Gasteiger charge is -2.09. The Balaban J connectivity index is 1.82. The van der Waals surface area contributed by atoms with E-state index in [1.54, 1.807) is 12.4 Å². The summed E-state index contributed by atoms with van der Waals surface area (Å²) in [6.45, 7) is 0. The van der Waals surface area contributed by atoms with E-state index in [4.69, 9.17) is 5.73 Å². The van der Waals surface area contributed by atoms with Crippen molar-refractivity contribution >= 4 is 17.1 Å². The summed E-state index contributed by atoms with van der Waals surface area (Å²) < 4.78 is 0. The Morgan fingerprint density at radius 1 is 0.800 bits per heavy atom. The third-order valence-electron chi connectivity index (χ3n) is 3.12. The van der Waals surface area contributed by atoms with Gasteiger partial charge in [-0.05, 0) is 29.3 Å². The number of nitrogen functional groups attached to an aromatic ring is 1. The quantitative estimate of drug-likeness (QED) is 0.747. The molecule has 0 saturated carbocycles. The molecule has 0 fully saturated rings. The van der Waals surface area contributed by atoms with Gasteiger partial charge in [0.15, 0.2) is 0 Å². The fourth-order valence-corrected chi connectivity index (χ4v) is 2.05. The predicted molar refractivity (Wildman–Crippen MR) is 83.8 cm³/mol. The van der Waals surface area contributed by atoms with Crippen molar-refractivity contribution < 1.29 is 0 Å². The molecule has 0 radical (unpaired) electrons. The molecule has 0 spiro atoms. The van der Waals surface area contributed by atoms with Crippen molar-refractivity contribution in [1.82, 2.24) is 4.98 Å². The monoisotopic (exact) mass is 261 g/mol. The molecule has 0 saturated heterocycles. The second kappa shape index (κ2) is 5.45. The molecule has 2 aromatic carbocycles. The number of rotatable bonds is 3. The van der Waals surface area contributed by atoms with E-state index in [-0.39, 0.29) is 0 Å². The van der Waals surface area contributed by atoms with Gasteiger partial charge >= 0.3 is 0 Å². The lowest BCUT2D eigenvalue weighted by molar-refractivity contribution is 1.33. The Morgan fingerprint density at radius 2 is 1.50 bits per heavy atom.